The molecule has 210 valence electrons. The topological polar surface area (TPSA) is 134 Å². The van der Waals surface area contributed by atoms with E-state index in [-0.39, 0.29) is 23.2 Å². The second-order valence-corrected chi connectivity index (χ2v) is 14.1. The lowest BCUT2D eigenvalue weighted by molar-refractivity contribution is 0.456. The summed E-state index contributed by atoms with van der Waals surface area (Å²) >= 11 is 12.1. The van der Waals surface area contributed by atoms with Gasteiger partial charge in [0.15, 0.2) is 0 Å². The predicted octanol–water partition coefficient (Wildman–Crippen LogP) is 4.34. The summed E-state index contributed by atoms with van der Waals surface area (Å²) in [6, 6.07) is 22.3. The van der Waals surface area contributed by atoms with Gasteiger partial charge in [0.2, 0.25) is 16.0 Å². The number of rotatable bonds is 6. The molecule has 0 radical (unpaired) electrons. The third-order valence-corrected chi connectivity index (χ3v) is 10.2. The van der Waals surface area contributed by atoms with Crippen molar-refractivity contribution in [3.05, 3.63) is 100 Å². The summed E-state index contributed by atoms with van der Waals surface area (Å²) in [5.41, 5.74) is 2.54. The van der Waals surface area contributed by atoms with Crippen molar-refractivity contribution in [1.29, 1.82) is 0 Å². The average Bonchev–Trinajstić information content (AvgIpc) is 3.57. The van der Waals surface area contributed by atoms with E-state index < -0.39 is 31.3 Å². The van der Waals surface area contributed by atoms with Crippen LogP contribution in [0.5, 0.6) is 0 Å². The SMILES string of the molecule is NS(=O)(=O)[C@H]1CC[C@@H](N=C(NS(=O)(=O)c2ccc(Cl)cc2)N2C[C@H](c3ccccc3)C(c3ccc(Cl)cc3)=N2)C1. The highest BCUT2D eigenvalue weighted by atomic mass is 35.5. The number of nitrogens with one attached hydrogen (secondary N) is 1. The Bertz CT molecular complexity index is 1650. The summed E-state index contributed by atoms with van der Waals surface area (Å²) in [4.78, 5) is 4.70. The van der Waals surface area contributed by atoms with Gasteiger partial charge >= 0.3 is 0 Å². The molecular weight excluding hydrogens is 593 g/mol. The molecule has 1 saturated carbocycles. The van der Waals surface area contributed by atoms with Crippen LogP contribution in [0.3, 0.4) is 0 Å². The van der Waals surface area contributed by atoms with E-state index in [1.54, 1.807) is 12.1 Å². The monoisotopic (exact) mass is 619 g/mol. The maximum atomic E-state index is 13.4. The van der Waals surface area contributed by atoms with Gasteiger partial charge < -0.3 is 0 Å². The van der Waals surface area contributed by atoms with E-state index in [4.69, 9.17) is 38.4 Å². The van der Waals surface area contributed by atoms with E-state index in [1.807, 2.05) is 42.5 Å². The molecule has 3 N–H and O–H groups in total. The van der Waals surface area contributed by atoms with Crippen molar-refractivity contribution < 1.29 is 16.8 Å². The van der Waals surface area contributed by atoms with E-state index in [1.165, 1.54) is 29.3 Å². The van der Waals surface area contributed by atoms with Gasteiger partial charge in [0.25, 0.3) is 10.0 Å². The number of nitrogens with zero attached hydrogens (tertiary/aromatic N) is 3. The number of hydrogen-bond acceptors (Lipinski definition) is 6. The fourth-order valence-electron chi connectivity index (χ4n) is 4.91. The number of halogens is 2. The van der Waals surface area contributed by atoms with Crippen LogP contribution in [-0.4, -0.2) is 51.4 Å². The minimum Gasteiger partial charge on any atom is -0.248 e. The molecule has 0 amide bonds. The highest BCUT2D eigenvalue weighted by Crippen LogP contribution is 2.31. The smallest absolute Gasteiger partial charge is 0.248 e. The molecule has 3 aromatic carbocycles. The van der Waals surface area contributed by atoms with Crippen LogP contribution in [0, 0.1) is 0 Å². The van der Waals surface area contributed by atoms with Gasteiger partial charge in [-0.3, -0.25) is 0 Å². The van der Waals surface area contributed by atoms with E-state index in [0.29, 0.717) is 29.4 Å². The number of aliphatic imine (C=N–C) groups is 1. The second-order valence-electron chi connectivity index (χ2n) is 9.73. The van der Waals surface area contributed by atoms with Crippen LogP contribution >= 0.6 is 23.2 Å². The number of hydrazone groups is 1. The Hall–Kier alpha value is -2.96. The van der Waals surface area contributed by atoms with Crippen LogP contribution < -0.4 is 9.86 Å². The molecule has 0 saturated heterocycles. The Balaban J connectivity index is 1.55. The van der Waals surface area contributed by atoms with Crippen molar-refractivity contribution >= 4 is 54.9 Å². The van der Waals surface area contributed by atoms with Crippen LogP contribution in [0.15, 0.2) is 93.9 Å². The summed E-state index contributed by atoms with van der Waals surface area (Å²) in [6.07, 6.45) is 0.974. The van der Waals surface area contributed by atoms with E-state index in [9.17, 15) is 16.8 Å². The molecule has 1 aliphatic carbocycles. The molecule has 40 heavy (non-hydrogen) atoms. The van der Waals surface area contributed by atoms with Crippen molar-refractivity contribution in [2.75, 3.05) is 6.54 Å². The number of nitrogens with two attached hydrogens (primary N) is 1. The Morgan fingerprint density at radius 1 is 0.900 bits per heavy atom. The zero-order valence-electron chi connectivity index (χ0n) is 21.2. The highest BCUT2D eigenvalue weighted by Gasteiger charge is 2.36. The van der Waals surface area contributed by atoms with Crippen LogP contribution in [0.2, 0.25) is 10.0 Å². The van der Waals surface area contributed by atoms with Gasteiger partial charge in [0, 0.05) is 16.0 Å². The van der Waals surface area contributed by atoms with Crippen LogP contribution in [0.1, 0.15) is 36.3 Å². The van der Waals surface area contributed by atoms with E-state index in [2.05, 4.69) is 4.72 Å². The zero-order chi connectivity index (χ0) is 28.5. The highest BCUT2D eigenvalue weighted by molar-refractivity contribution is 7.90. The maximum absolute atomic E-state index is 13.4. The Morgan fingerprint density at radius 2 is 1.52 bits per heavy atom. The summed E-state index contributed by atoms with van der Waals surface area (Å²) in [5.74, 6) is -0.201. The van der Waals surface area contributed by atoms with Gasteiger partial charge in [0.1, 0.15) is 0 Å². The second kappa shape index (κ2) is 11.5. The molecule has 0 spiro atoms. The summed E-state index contributed by atoms with van der Waals surface area (Å²) in [5, 5.41) is 12.0. The average molecular weight is 621 g/mol. The number of guanidine groups is 1. The van der Waals surface area contributed by atoms with Crippen molar-refractivity contribution in [3.8, 4) is 0 Å². The molecule has 13 heteroatoms. The fraction of sp³-hybridized carbons (Fsp3) is 0.259. The lowest BCUT2D eigenvalue weighted by atomic mass is 9.91. The summed E-state index contributed by atoms with van der Waals surface area (Å²) < 4.78 is 53.3. The van der Waals surface area contributed by atoms with Crippen LogP contribution in [0.4, 0.5) is 0 Å². The van der Waals surface area contributed by atoms with Crippen molar-refractivity contribution in [3.63, 3.8) is 0 Å². The third-order valence-electron chi connectivity index (χ3n) is 6.98. The molecule has 5 rings (SSSR count). The lowest BCUT2D eigenvalue weighted by Crippen LogP contribution is -2.42. The number of primary sulfonamides is 1. The standard InChI is InChI=1S/C27H27Cl2N5O4S2/c28-20-8-6-19(7-9-20)26-25(18-4-2-1-3-5-18)17-34(32-26)27(31-22-12-15-24(16-22)39(30,35)36)33-40(37,38)23-13-10-21(29)11-14-23/h1-11,13-14,22,24-25H,12,15-17H2,(H,31,33)(H2,30,35,36)/t22-,24+,25-/m1/s1. The molecule has 2 aliphatic rings. The summed E-state index contributed by atoms with van der Waals surface area (Å²) in [6.45, 7) is 0.301. The fourth-order valence-corrected chi connectivity index (χ4v) is 7.12. The first-order valence-electron chi connectivity index (χ1n) is 12.5. The third kappa shape index (κ3) is 6.50. The van der Waals surface area contributed by atoms with Crippen molar-refractivity contribution in [1.82, 2.24) is 9.73 Å². The van der Waals surface area contributed by atoms with Gasteiger partial charge in [-0.25, -0.2) is 36.7 Å². The van der Waals surface area contributed by atoms with Gasteiger partial charge in [-0.2, -0.15) is 5.10 Å². The molecule has 0 unspecified atom stereocenters. The van der Waals surface area contributed by atoms with E-state index in [0.717, 1.165) is 16.8 Å². The molecule has 3 aromatic rings. The molecule has 1 heterocycles. The molecule has 1 fully saturated rings. The normalized spacial score (nSPS) is 21.9. The van der Waals surface area contributed by atoms with Gasteiger partial charge in [0.05, 0.1) is 28.4 Å². The molecule has 1 aliphatic heterocycles. The van der Waals surface area contributed by atoms with Crippen LogP contribution in [0.25, 0.3) is 0 Å². The van der Waals surface area contributed by atoms with E-state index >= 15 is 0 Å². The molecule has 3 atom stereocenters. The maximum Gasteiger partial charge on any atom is 0.264 e. The number of benzene rings is 3. The van der Waals surface area contributed by atoms with Crippen LogP contribution in [-0.2, 0) is 20.0 Å². The quantitative estimate of drug-likeness (QED) is 0.313. The predicted molar refractivity (Wildman–Crippen MR) is 158 cm³/mol. The van der Waals surface area contributed by atoms with Gasteiger partial charge in [-0.1, -0.05) is 65.7 Å². The first-order valence-corrected chi connectivity index (χ1v) is 16.4. The largest absolute Gasteiger partial charge is 0.264 e. The molecule has 0 aromatic heterocycles. The van der Waals surface area contributed by atoms with Gasteiger partial charge in [-0.15, -0.1) is 0 Å². The zero-order valence-corrected chi connectivity index (χ0v) is 24.3. The minimum atomic E-state index is -4.08. The first-order chi connectivity index (χ1) is 19.0. The lowest BCUT2D eigenvalue weighted by Gasteiger charge is -2.21. The van der Waals surface area contributed by atoms with Crippen molar-refractivity contribution in [2.45, 2.75) is 41.4 Å². The molecule has 0 bridgehead atoms. The summed E-state index contributed by atoms with van der Waals surface area (Å²) in [7, 11) is -7.82. The first kappa shape index (κ1) is 28.6. The number of sulfonamides is 2. The molecular formula is C27H27Cl2N5O4S2. The molecule has 9 nitrogen and oxygen atoms in total. The Labute approximate surface area is 243 Å². The minimum absolute atomic E-state index is 0.0000796. The Kier molecular flexibility index (Phi) is 8.21. The van der Waals surface area contributed by atoms with Gasteiger partial charge in [-0.05, 0) is 66.8 Å². The van der Waals surface area contributed by atoms with Crippen molar-refractivity contribution in [2.24, 2.45) is 15.2 Å². The Morgan fingerprint density at radius 3 is 2.12 bits per heavy atom. The number of hydrogen-bond donors (Lipinski definition) is 2.